The third kappa shape index (κ3) is 3.19. The Labute approximate surface area is 124 Å². The van der Waals surface area contributed by atoms with Crippen LogP contribution in [0.1, 0.15) is 24.8 Å². The van der Waals surface area contributed by atoms with Gasteiger partial charge in [0, 0.05) is 29.3 Å². The average Bonchev–Trinajstić information content (AvgIpc) is 2.86. The molecule has 0 radical (unpaired) electrons. The Kier molecular flexibility index (Phi) is 4.03. The van der Waals surface area contributed by atoms with Crippen LogP contribution in [-0.2, 0) is 4.74 Å². The van der Waals surface area contributed by atoms with E-state index in [0.29, 0.717) is 12.1 Å². The van der Waals surface area contributed by atoms with Crippen molar-refractivity contribution in [2.75, 3.05) is 11.9 Å². The molecule has 0 spiro atoms. The van der Waals surface area contributed by atoms with Gasteiger partial charge in [0.1, 0.15) is 0 Å². The molecule has 1 fully saturated rings. The number of benzene rings is 1. The summed E-state index contributed by atoms with van der Waals surface area (Å²) >= 11 is 1.69. The predicted molar refractivity (Wildman–Crippen MR) is 84.3 cm³/mol. The van der Waals surface area contributed by atoms with E-state index in [9.17, 15) is 0 Å². The van der Waals surface area contributed by atoms with Gasteiger partial charge in [0.15, 0.2) is 0 Å². The number of aromatic nitrogens is 1. The zero-order valence-electron chi connectivity index (χ0n) is 11.9. The number of nitrogens with zero attached hydrogens (tertiary/aromatic N) is 1. The first kappa shape index (κ1) is 13.6. The molecule has 1 aliphatic rings. The van der Waals surface area contributed by atoms with Crippen molar-refractivity contribution in [1.82, 2.24) is 4.98 Å². The topological polar surface area (TPSA) is 34.2 Å². The fourth-order valence-electron chi connectivity index (χ4n) is 2.63. The lowest BCUT2D eigenvalue weighted by molar-refractivity contribution is 0.0232. The van der Waals surface area contributed by atoms with E-state index in [1.54, 1.807) is 11.3 Å². The maximum Gasteiger partial charge on any atom is 0.0901 e. The summed E-state index contributed by atoms with van der Waals surface area (Å²) in [5.41, 5.74) is 3.42. The summed E-state index contributed by atoms with van der Waals surface area (Å²) in [5.74, 6) is 0. The zero-order chi connectivity index (χ0) is 13.9. The molecule has 1 saturated heterocycles. The highest BCUT2D eigenvalue weighted by atomic mass is 32.1. The lowest BCUT2D eigenvalue weighted by atomic mass is 10.0. The molecule has 4 heteroatoms. The summed E-state index contributed by atoms with van der Waals surface area (Å²) in [6, 6.07) is 9.03. The first-order chi connectivity index (χ1) is 9.70. The number of ether oxygens (including phenoxy) is 1. The molecule has 1 aromatic heterocycles. The van der Waals surface area contributed by atoms with Gasteiger partial charge in [0.25, 0.3) is 0 Å². The van der Waals surface area contributed by atoms with Crippen molar-refractivity contribution in [3.8, 4) is 11.3 Å². The Morgan fingerprint density at radius 1 is 1.40 bits per heavy atom. The number of hydrogen-bond donors (Lipinski definition) is 1. The molecule has 1 aliphatic heterocycles. The first-order valence-corrected chi connectivity index (χ1v) is 7.99. The molecule has 0 bridgehead atoms. The van der Waals surface area contributed by atoms with E-state index in [2.05, 4.69) is 46.9 Å². The van der Waals surface area contributed by atoms with Crippen LogP contribution in [-0.4, -0.2) is 23.7 Å². The molecular formula is C16H20N2OS. The molecule has 0 amide bonds. The maximum absolute atomic E-state index is 5.59. The van der Waals surface area contributed by atoms with Crippen molar-refractivity contribution in [3.63, 3.8) is 0 Å². The lowest BCUT2D eigenvalue weighted by Gasteiger charge is -2.28. The second kappa shape index (κ2) is 5.94. The van der Waals surface area contributed by atoms with E-state index < -0.39 is 0 Å². The molecule has 2 unspecified atom stereocenters. The van der Waals surface area contributed by atoms with Gasteiger partial charge >= 0.3 is 0 Å². The Morgan fingerprint density at radius 3 is 3.05 bits per heavy atom. The highest BCUT2D eigenvalue weighted by Crippen LogP contribution is 2.25. The van der Waals surface area contributed by atoms with E-state index in [1.165, 1.54) is 11.3 Å². The number of hydrogen-bond acceptors (Lipinski definition) is 4. The van der Waals surface area contributed by atoms with Crippen LogP contribution in [0.4, 0.5) is 5.69 Å². The van der Waals surface area contributed by atoms with E-state index in [4.69, 9.17) is 4.74 Å². The Hall–Kier alpha value is -1.39. The first-order valence-electron chi connectivity index (χ1n) is 7.11. The Morgan fingerprint density at radius 2 is 2.30 bits per heavy atom. The second-order valence-electron chi connectivity index (χ2n) is 5.38. The third-order valence-corrected chi connectivity index (χ3v) is 4.41. The number of nitrogens with one attached hydrogen (secondary N) is 1. The Bertz CT molecular complexity index is 581. The second-order valence-corrected chi connectivity index (χ2v) is 6.44. The highest BCUT2D eigenvalue weighted by Gasteiger charge is 2.19. The molecule has 3 nitrogen and oxygen atoms in total. The normalized spacial score (nSPS) is 22.7. The SMILES string of the molecule is Cc1nc(-c2cccc(NC3CCOC(C)C3)c2)cs1. The number of rotatable bonds is 3. The summed E-state index contributed by atoms with van der Waals surface area (Å²) in [5, 5.41) is 6.85. The quantitative estimate of drug-likeness (QED) is 0.923. The van der Waals surface area contributed by atoms with Gasteiger partial charge in [-0.3, -0.25) is 0 Å². The minimum Gasteiger partial charge on any atom is -0.382 e. The van der Waals surface area contributed by atoms with Crippen molar-refractivity contribution in [3.05, 3.63) is 34.7 Å². The van der Waals surface area contributed by atoms with Crippen LogP contribution < -0.4 is 5.32 Å². The average molecular weight is 288 g/mol. The van der Waals surface area contributed by atoms with Gasteiger partial charge in [-0.25, -0.2) is 4.98 Å². The molecule has 20 heavy (non-hydrogen) atoms. The maximum atomic E-state index is 5.59. The Balaban J connectivity index is 1.74. The summed E-state index contributed by atoms with van der Waals surface area (Å²) < 4.78 is 5.59. The molecule has 1 aromatic carbocycles. The molecule has 3 rings (SSSR count). The molecule has 106 valence electrons. The van der Waals surface area contributed by atoms with Gasteiger partial charge in [-0.2, -0.15) is 0 Å². The van der Waals surface area contributed by atoms with Gasteiger partial charge < -0.3 is 10.1 Å². The molecule has 2 heterocycles. The molecule has 1 N–H and O–H groups in total. The summed E-state index contributed by atoms with van der Waals surface area (Å²) in [6.45, 7) is 5.03. The van der Waals surface area contributed by atoms with Gasteiger partial charge in [-0.05, 0) is 38.8 Å². The molecule has 2 aromatic rings. The number of aryl methyl sites for hydroxylation is 1. The van der Waals surface area contributed by atoms with Crippen molar-refractivity contribution in [2.24, 2.45) is 0 Å². The third-order valence-electron chi connectivity index (χ3n) is 3.63. The minimum absolute atomic E-state index is 0.352. The van der Waals surface area contributed by atoms with Crippen LogP contribution >= 0.6 is 11.3 Å². The minimum atomic E-state index is 0.352. The van der Waals surface area contributed by atoms with Crippen molar-refractivity contribution in [2.45, 2.75) is 38.8 Å². The van der Waals surface area contributed by atoms with E-state index in [0.717, 1.165) is 30.2 Å². The van der Waals surface area contributed by atoms with E-state index in [1.807, 2.05) is 6.92 Å². The predicted octanol–water partition coefficient (Wildman–Crippen LogP) is 4.10. The molecular weight excluding hydrogens is 268 g/mol. The fraction of sp³-hybridized carbons (Fsp3) is 0.438. The monoisotopic (exact) mass is 288 g/mol. The van der Waals surface area contributed by atoms with Gasteiger partial charge in [0.05, 0.1) is 16.8 Å². The lowest BCUT2D eigenvalue weighted by Crippen LogP contribution is -2.32. The summed E-state index contributed by atoms with van der Waals surface area (Å²) in [4.78, 5) is 4.55. The number of anilines is 1. The van der Waals surface area contributed by atoms with Gasteiger partial charge in [-0.1, -0.05) is 12.1 Å². The summed E-state index contributed by atoms with van der Waals surface area (Å²) in [7, 11) is 0. The highest BCUT2D eigenvalue weighted by molar-refractivity contribution is 7.09. The van der Waals surface area contributed by atoms with Crippen molar-refractivity contribution < 1.29 is 4.74 Å². The standard InChI is InChI=1S/C16H20N2OS/c1-11-8-15(6-7-19-11)18-14-5-3-4-13(9-14)16-10-20-12(2)17-16/h3-5,9-11,15,18H,6-8H2,1-2H3. The van der Waals surface area contributed by atoms with Crippen LogP contribution in [0, 0.1) is 6.92 Å². The van der Waals surface area contributed by atoms with Crippen LogP contribution in [0.15, 0.2) is 29.6 Å². The van der Waals surface area contributed by atoms with E-state index in [-0.39, 0.29) is 0 Å². The van der Waals surface area contributed by atoms with Crippen molar-refractivity contribution in [1.29, 1.82) is 0 Å². The van der Waals surface area contributed by atoms with Crippen LogP contribution in [0.3, 0.4) is 0 Å². The fourth-order valence-corrected chi connectivity index (χ4v) is 3.25. The van der Waals surface area contributed by atoms with Crippen LogP contribution in [0.5, 0.6) is 0 Å². The van der Waals surface area contributed by atoms with Crippen LogP contribution in [0.25, 0.3) is 11.3 Å². The van der Waals surface area contributed by atoms with Crippen LogP contribution in [0.2, 0.25) is 0 Å². The molecule has 2 atom stereocenters. The number of thiazole rings is 1. The van der Waals surface area contributed by atoms with Gasteiger partial charge in [0.2, 0.25) is 0 Å². The zero-order valence-corrected chi connectivity index (χ0v) is 12.7. The summed E-state index contributed by atoms with van der Waals surface area (Å²) in [6.07, 6.45) is 2.50. The van der Waals surface area contributed by atoms with E-state index >= 15 is 0 Å². The molecule has 0 saturated carbocycles. The van der Waals surface area contributed by atoms with Crippen molar-refractivity contribution >= 4 is 17.0 Å². The van der Waals surface area contributed by atoms with Gasteiger partial charge in [-0.15, -0.1) is 11.3 Å². The smallest absolute Gasteiger partial charge is 0.0901 e. The largest absolute Gasteiger partial charge is 0.382 e. The molecule has 0 aliphatic carbocycles.